The van der Waals surface area contributed by atoms with Crippen molar-refractivity contribution in [3.05, 3.63) is 34.6 Å². The van der Waals surface area contributed by atoms with Crippen LogP contribution in [0.15, 0.2) is 16.7 Å². The summed E-state index contributed by atoms with van der Waals surface area (Å²) in [4.78, 5) is 10.9. The second-order valence-electron chi connectivity index (χ2n) is 5.13. The van der Waals surface area contributed by atoms with Crippen LogP contribution in [0.2, 0.25) is 0 Å². The van der Waals surface area contributed by atoms with E-state index in [1.54, 1.807) is 6.07 Å². The van der Waals surface area contributed by atoms with Crippen molar-refractivity contribution >= 4 is 5.97 Å². The lowest BCUT2D eigenvalue weighted by molar-refractivity contribution is 0.0652. The first kappa shape index (κ1) is 12.7. The summed E-state index contributed by atoms with van der Waals surface area (Å²) in [5, 5.41) is 22.9. The summed E-state index contributed by atoms with van der Waals surface area (Å²) in [6.45, 7) is 1.99. The smallest absolute Gasteiger partial charge is 0.374 e. The molecule has 5 heteroatoms. The highest BCUT2D eigenvalue weighted by Gasteiger charge is 2.23. The molecular formula is C15H15NO4. The number of hydrogen-bond donors (Lipinski definition) is 2. The van der Waals surface area contributed by atoms with Gasteiger partial charge >= 0.3 is 5.97 Å². The van der Waals surface area contributed by atoms with Crippen LogP contribution < -0.4 is 0 Å². The second kappa shape index (κ2) is 4.67. The van der Waals surface area contributed by atoms with E-state index in [1.165, 1.54) is 11.6 Å². The van der Waals surface area contributed by atoms with Gasteiger partial charge in [-0.3, -0.25) is 0 Å². The van der Waals surface area contributed by atoms with Crippen molar-refractivity contribution in [2.24, 2.45) is 0 Å². The molecular weight excluding hydrogens is 258 g/mol. The SMILES string of the molecule is Cc1cc(O)c(-c2cc(C(=O)O)on2)c2c1CCCC2. The summed E-state index contributed by atoms with van der Waals surface area (Å²) >= 11 is 0. The molecule has 0 aliphatic heterocycles. The predicted molar refractivity (Wildman–Crippen MR) is 71.9 cm³/mol. The van der Waals surface area contributed by atoms with Gasteiger partial charge in [-0.2, -0.15) is 0 Å². The third kappa shape index (κ3) is 1.95. The van der Waals surface area contributed by atoms with Crippen molar-refractivity contribution in [3.63, 3.8) is 0 Å². The van der Waals surface area contributed by atoms with Gasteiger partial charge in [-0.05, 0) is 55.4 Å². The number of carbonyl (C=O) groups is 1. The third-order valence-electron chi connectivity index (χ3n) is 3.83. The number of carboxylic acids is 1. The first-order chi connectivity index (χ1) is 9.58. The number of phenolic OH excluding ortho intramolecular Hbond substituents is 1. The van der Waals surface area contributed by atoms with Gasteiger partial charge in [0.15, 0.2) is 0 Å². The van der Waals surface area contributed by atoms with Crippen molar-refractivity contribution in [2.75, 3.05) is 0 Å². The van der Waals surface area contributed by atoms with Gasteiger partial charge in [0.05, 0.1) is 0 Å². The molecule has 0 amide bonds. The Morgan fingerprint density at radius 3 is 2.60 bits per heavy atom. The zero-order valence-electron chi connectivity index (χ0n) is 11.1. The first-order valence-corrected chi connectivity index (χ1v) is 6.62. The molecule has 1 aliphatic carbocycles. The highest BCUT2D eigenvalue weighted by Crippen LogP contribution is 2.39. The Balaban J connectivity index is 2.19. The molecule has 2 N–H and O–H groups in total. The highest BCUT2D eigenvalue weighted by atomic mass is 16.5. The Morgan fingerprint density at radius 2 is 1.95 bits per heavy atom. The van der Waals surface area contributed by atoms with Crippen molar-refractivity contribution in [3.8, 4) is 17.0 Å². The Hall–Kier alpha value is -2.30. The van der Waals surface area contributed by atoms with Crippen LogP contribution in [0.3, 0.4) is 0 Å². The zero-order chi connectivity index (χ0) is 14.3. The predicted octanol–water partition coefficient (Wildman–Crippen LogP) is 2.93. The number of aryl methyl sites for hydroxylation is 1. The lowest BCUT2D eigenvalue weighted by atomic mass is 9.84. The molecule has 0 radical (unpaired) electrons. The molecule has 0 atom stereocenters. The molecule has 5 nitrogen and oxygen atoms in total. The van der Waals surface area contributed by atoms with Crippen molar-refractivity contribution < 1.29 is 19.5 Å². The van der Waals surface area contributed by atoms with Crippen molar-refractivity contribution in [1.82, 2.24) is 5.16 Å². The number of benzene rings is 1. The molecule has 0 fully saturated rings. The summed E-state index contributed by atoms with van der Waals surface area (Å²) in [5.74, 6) is -1.25. The van der Waals surface area contributed by atoms with E-state index >= 15 is 0 Å². The molecule has 0 saturated heterocycles. The number of carboxylic acid groups (broad SMARTS) is 1. The standard InChI is InChI=1S/C15H15NO4/c1-8-6-12(17)14(10-5-3-2-4-9(8)10)11-7-13(15(18)19)20-16-11/h6-7,17H,2-5H2,1H3,(H,18,19). The molecule has 0 saturated carbocycles. The Morgan fingerprint density at radius 1 is 1.25 bits per heavy atom. The fourth-order valence-corrected chi connectivity index (χ4v) is 2.91. The molecule has 1 aliphatic rings. The van der Waals surface area contributed by atoms with Crippen LogP contribution in [-0.2, 0) is 12.8 Å². The molecule has 2 aromatic rings. The average molecular weight is 273 g/mol. The normalized spacial score (nSPS) is 14.1. The summed E-state index contributed by atoms with van der Waals surface area (Å²) in [7, 11) is 0. The van der Waals surface area contributed by atoms with Crippen molar-refractivity contribution in [2.45, 2.75) is 32.6 Å². The summed E-state index contributed by atoms with van der Waals surface area (Å²) in [6, 6.07) is 3.08. The second-order valence-corrected chi connectivity index (χ2v) is 5.13. The quantitative estimate of drug-likeness (QED) is 0.878. The van der Waals surface area contributed by atoms with Gasteiger partial charge in [0.25, 0.3) is 0 Å². The van der Waals surface area contributed by atoms with Gasteiger partial charge in [0.2, 0.25) is 5.76 Å². The summed E-state index contributed by atoms with van der Waals surface area (Å²) < 4.78 is 4.80. The minimum Gasteiger partial charge on any atom is -0.507 e. The van der Waals surface area contributed by atoms with Gasteiger partial charge in [-0.15, -0.1) is 0 Å². The Labute approximate surface area is 115 Å². The molecule has 0 bridgehead atoms. The van der Waals surface area contributed by atoms with E-state index in [2.05, 4.69) is 5.16 Å². The van der Waals surface area contributed by atoms with Gasteiger partial charge < -0.3 is 14.7 Å². The van der Waals surface area contributed by atoms with Gasteiger partial charge in [-0.1, -0.05) is 5.16 Å². The first-order valence-electron chi connectivity index (χ1n) is 6.62. The fourth-order valence-electron chi connectivity index (χ4n) is 2.91. The molecule has 1 heterocycles. The van der Waals surface area contributed by atoms with Crippen LogP contribution in [0, 0.1) is 6.92 Å². The minimum atomic E-state index is -1.16. The minimum absolute atomic E-state index is 0.133. The monoisotopic (exact) mass is 273 g/mol. The van der Waals surface area contributed by atoms with E-state index in [-0.39, 0.29) is 11.5 Å². The number of aromatic carboxylic acids is 1. The molecule has 0 spiro atoms. The number of phenols is 1. The number of hydrogen-bond acceptors (Lipinski definition) is 4. The van der Waals surface area contributed by atoms with Gasteiger partial charge in [0, 0.05) is 11.6 Å². The van der Waals surface area contributed by atoms with Crippen LogP contribution in [-0.4, -0.2) is 21.3 Å². The summed E-state index contributed by atoms with van der Waals surface area (Å²) in [5.41, 5.74) is 4.38. The van der Waals surface area contributed by atoms with E-state index in [1.807, 2.05) is 6.92 Å². The zero-order valence-corrected chi connectivity index (χ0v) is 11.1. The van der Waals surface area contributed by atoms with Crippen LogP contribution in [0.5, 0.6) is 5.75 Å². The van der Waals surface area contributed by atoms with Crippen LogP contribution in [0.1, 0.15) is 40.1 Å². The van der Waals surface area contributed by atoms with Gasteiger partial charge in [-0.25, -0.2) is 4.79 Å². The number of fused-ring (bicyclic) bond motifs is 1. The summed E-state index contributed by atoms with van der Waals surface area (Å²) in [6.07, 6.45) is 4.05. The van der Waals surface area contributed by atoms with E-state index in [4.69, 9.17) is 9.63 Å². The molecule has 0 unspecified atom stereocenters. The maximum Gasteiger partial charge on any atom is 0.374 e. The highest BCUT2D eigenvalue weighted by molar-refractivity contribution is 5.86. The lowest BCUT2D eigenvalue weighted by Gasteiger charge is -2.21. The van der Waals surface area contributed by atoms with Crippen molar-refractivity contribution in [1.29, 1.82) is 0 Å². The molecule has 104 valence electrons. The topological polar surface area (TPSA) is 83.6 Å². The Bertz CT molecular complexity index is 687. The fraction of sp³-hybridized carbons (Fsp3) is 0.333. The maximum atomic E-state index is 10.9. The molecule has 1 aromatic carbocycles. The third-order valence-corrected chi connectivity index (χ3v) is 3.83. The van der Waals surface area contributed by atoms with E-state index in [0.717, 1.165) is 36.8 Å². The number of rotatable bonds is 2. The van der Waals surface area contributed by atoms with Crippen LogP contribution in [0.25, 0.3) is 11.3 Å². The molecule has 1 aromatic heterocycles. The van der Waals surface area contributed by atoms with E-state index in [9.17, 15) is 9.90 Å². The maximum absolute atomic E-state index is 10.9. The number of aromatic hydroxyl groups is 1. The molecule has 3 rings (SSSR count). The largest absolute Gasteiger partial charge is 0.507 e. The Kier molecular flexibility index (Phi) is 2.97. The number of aromatic nitrogens is 1. The number of nitrogens with zero attached hydrogens (tertiary/aromatic N) is 1. The van der Waals surface area contributed by atoms with E-state index in [0.29, 0.717) is 11.3 Å². The lowest BCUT2D eigenvalue weighted by Crippen LogP contribution is -2.07. The average Bonchev–Trinajstić information content (AvgIpc) is 2.88. The van der Waals surface area contributed by atoms with E-state index < -0.39 is 5.97 Å². The van der Waals surface area contributed by atoms with Gasteiger partial charge in [0.1, 0.15) is 11.4 Å². The van der Waals surface area contributed by atoms with Crippen LogP contribution >= 0.6 is 0 Å². The van der Waals surface area contributed by atoms with Crippen LogP contribution in [0.4, 0.5) is 0 Å². The molecule has 20 heavy (non-hydrogen) atoms.